The van der Waals surface area contributed by atoms with Gasteiger partial charge in [-0.15, -0.1) is 0 Å². The maximum atomic E-state index is 12.6. The molecule has 0 radical (unpaired) electrons. The first-order valence-corrected chi connectivity index (χ1v) is 10.4. The first-order valence-electron chi connectivity index (χ1n) is 8.60. The molecule has 1 aromatic rings. The average Bonchev–Trinajstić information content (AvgIpc) is 2.99. The summed E-state index contributed by atoms with van der Waals surface area (Å²) in [5, 5.41) is 0. The molecular formula is C18H25NO6S. The van der Waals surface area contributed by atoms with E-state index in [1.807, 2.05) is 13.8 Å². The molecule has 1 aromatic carbocycles. The summed E-state index contributed by atoms with van der Waals surface area (Å²) in [6.07, 6.45) is 1.11. The van der Waals surface area contributed by atoms with Crippen LogP contribution in [0.15, 0.2) is 24.3 Å². The molecule has 1 amide bonds. The van der Waals surface area contributed by atoms with Gasteiger partial charge in [0, 0.05) is 12.1 Å². The van der Waals surface area contributed by atoms with Crippen LogP contribution in [0.4, 0.5) is 0 Å². The van der Waals surface area contributed by atoms with Crippen molar-refractivity contribution in [2.24, 2.45) is 0 Å². The third-order valence-electron chi connectivity index (χ3n) is 4.61. The number of carbonyl (C=O) groups excluding carboxylic acids is 2. The maximum absolute atomic E-state index is 12.6. The first-order chi connectivity index (χ1) is 12.3. The van der Waals surface area contributed by atoms with Gasteiger partial charge in [-0.1, -0.05) is 6.92 Å². The number of methoxy groups -OCH3 is 1. The molecule has 2 atom stereocenters. The molecule has 144 valence electrons. The SMILES string of the molecule is CC[C@H](C)N(C(=O)COC(=O)c1ccc(OC)cc1)[C@@H]1CCS(=O)(=O)C1. The molecule has 0 aromatic heterocycles. The van der Waals surface area contributed by atoms with E-state index >= 15 is 0 Å². The van der Waals surface area contributed by atoms with E-state index in [-0.39, 0.29) is 29.5 Å². The lowest BCUT2D eigenvalue weighted by molar-refractivity contribution is -0.138. The van der Waals surface area contributed by atoms with Crippen LogP contribution in [0, 0.1) is 0 Å². The highest BCUT2D eigenvalue weighted by atomic mass is 32.2. The Morgan fingerprint density at radius 1 is 1.27 bits per heavy atom. The molecule has 1 aliphatic heterocycles. The second-order valence-corrected chi connectivity index (χ2v) is 8.65. The number of nitrogens with zero attached hydrogens (tertiary/aromatic N) is 1. The van der Waals surface area contributed by atoms with E-state index in [0.717, 1.165) is 0 Å². The van der Waals surface area contributed by atoms with Crippen LogP contribution in [0.2, 0.25) is 0 Å². The number of hydrogen-bond acceptors (Lipinski definition) is 6. The predicted octanol–water partition coefficient (Wildman–Crippen LogP) is 1.67. The van der Waals surface area contributed by atoms with Crippen molar-refractivity contribution >= 4 is 21.7 Å². The molecular weight excluding hydrogens is 358 g/mol. The largest absolute Gasteiger partial charge is 0.497 e. The number of benzene rings is 1. The number of rotatable bonds is 7. The Morgan fingerprint density at radius 2 is 1.92 bits per heavy atom. The Morgan fingerprint density at radius 3 is 2.42 bits per heavy atom. The smallest absolute Gasteiger partial charge is 0.338 e. The molecule has 1 saturated heterocycles. The zero-order valence-corrected chi connectivity index (χ0v) is 16.1. The van der Waals surface area contributed by atoms with E-state index in [4.69, 9.17) is 9.47 Å². The standard InChI is InChI=1S/C18H25NO6S/c1-4-13(2)19(15-9-10-26(22,23)12-15)17(20)11-25-18(21)14-5-7-16(24-3)8-6-14/h5-8,13,15H,4,9-12H2,1-3H3/t13-,15+/m0/s1. The average molecular weight is 383 g/mol. The molecule has 1 fully saturated rings. The lowest BCUT2D eigenvalue weighted by atomic mass is 10.1. The molecule has 0 bridgehead atoms. The third-order valence-corrected chi connectivity index (χ3v) is 6.36. The quantitative estimate of drug-likeness (QED) is 0.665. The van der Waals surface area contributed by atoms with Gasteiger partial charge in [-0.25, -0.2) is 13.2 Å². The van der Waals surface area contributed by atoms with Crippen molar-refractivity contribution in [1.29, 1.82) is 0 Å². The van der Waals surface area contributed by atoms with Crippen LogP contribution in [0.1, 0.15) is 37.0 Å². The number of ether oxygens (including phenoxy) is 2. The number of hydrogen-bond donors (Lipinski definition) is 0. The molecule has 1 heterocycles. The minimum Gasteiger partial charge on any atom is -0.497 e. The number of esters is 1. The Bertz CT molecular complexity index is 743. The fourth-order valence-corrected chi connectivity index (χ4v) is 4.72. The van der Waals surface area contributed by atoms with Gasteiger partial charge in [0.15, 0.2) is 16.4 Å². The highest BCUT2D eigenvalue weighted by molar-refractivity contribution is 7.91. The second kappa shape index (κ2) is 8.53. The van der Waals surface area contributed by atoms with E-state index < -0.39 is 22.4 Å². The summed E-state index contributed by atoms with van der Waals surface area (Å²) in [6, 6.07) is 5.90. The van der Waals surface area contributed by atoms with Crippen molar-refractivity contribution in [3.63, 3.8) is 0 Å². The van der Waals surface area contributed by atoms with Crippen LogP contribution in [0.25, 0.3) is 0 Å². The predicted molar refractivity (Wildman–Crippen MR) is 96.9 cm³/mol. The summed E-state index contributed by atoms with van der Waals surface area (Å²) in [4.78, 5) is 26.3. The molecule has 2 rings (SSSR count). The van der Waals surface area contributed by atoms with E-state index in [2.05, 4.69) is 0 Å². The zero-order chi connectivity index (χ0) is 19.3. The molecule has 7 nitrogen and oxygen atoms in total. The van der Waals surface area contributed by atoms with Crippen molar-refractivity contribution in [3.05, 3.63) is 29.8 Å². The van der Waals surface area contributed by atoms with Gasteiger partial charge >= 0.3 is 5.97 Å². The Hall–Kier alpha value is -2.09. The molecule has 0 aliphatic carbocycles. The summed E-state index contributed by atoms with van der Waals surface area (Å²) in [5.74, 6) is -0.311. The zero-order valence-electron chi connectivity index (χ0n) is 15.3. The van der Waals surface area contributed by atoms with Crippen molar-refractivity contribution in [2.75, 3.05) is 25.2 Å². The number of sulfone groups is 1. The number of amides is 1. The monoisotopic (exact) mass is 383 g/mol. The summed E-state index contributed by atoms with van der Waals surface area (Å²) in [5.41, 5.74) is 0.317. The summed E-state index contributed by atoms with van der Waals surface area (Å²) in [7, 11) is -1.58. The lowest BCUT2D eigenvalue weighted by Gasteiger charge is -2.33. The molecule has 0 saturated carbocycles. The minimum atomic E-state index is -3.11. The molecule has 26 heavy (non-hydrogen) atoms. The van der Waals surface area contributed by atoms with Gasteiger partial charge in [0.25, 0.3) is 5.91 Å². The van der Waals surface area contributed by atoms with Gasteiger partial charge in [-0.3, -0.25) is 4.79 Å². The van der Waals surface area contributed by atoms with E-state index in [1.165, 1.54) is 7.11 Å². The molecule has 0 unspecified atom stereocenters. The van der Waals surface area contributed by atoms with Crippen molar-refractivity contribution in [2.45, 2.75) is 38.8 Å². The number of carbonyl (C=O) groups is 2. The summed E-state index contributed by atoms with van der Waals surface area (Å²) in [6.45, 7) is 3.39. The minimum absolute atomic E-state index is 0.0322. The van der Waals surface area contributed by atoms with Crippen LogP contribution >= 0.6 is 0 Å². The van der Waals surface area contributed by atoms with Crippen LogP contribution in [0.3, 0.4) is 0 Å². The molecule has 0 N–H and O–H groups in total. The fourth-order valence-electron chi connectivity index (χ4n) is 3.01. The van der Waals surface area contributed by atoms with Crippen molar-refractivity contribution < 1.29 is 27.5 Å². The summed E-state index contributed by atoms with van der Waals surface area (Å²) >= 11 is 0. The molecule has 8 heteroatoms. The van der Waals surface area contributed by atoms with Gasteiger partial charge in [0.2, 0.25) is 0 Å². The van der Waals surface area contributed by atoms with Crippen LogP contribution in [0.5, 0.6) is 5.75 Å². The highest BCUT2D eigenvalue weighted by Gasteiger charge is 2.36. The van der Waals surface area contributed by atoms with E-state index in [9.17, 15) is 18.0 Å². The normalized spacial score (nSPS) is 19.6. The van der Waals surface area contributed by atoms with Crippen molar-refractivity contribution in [3.8, 4) is 5.75 Å². The Kier molecular flexibility index (Phi) is 6.63. The molecule has 0 spiro atoms. The molecule has 1 aliphatic rings. The van der Waals surface area contributed by atoms with Crippen LogP contribution < -0.4 is 4.74 Å². The van der Waals surface area contributed by atoms with Gasteiger partial charge in [0.05, 0.1) is 24.2 Å². The Labute approximate surface area is 154 Å². The van der Waals surface area contributed by atoms with E-state index in [1.54, 1.807) is 29.2 Å². The third kappa shape index (κ3) is 4.97. The van der Waals surface area contributed by atoms with Gasteiger partial charge < -0.3 is 14.4 Å². The summed E-state index contributed by atoms with van der Waals surface area (Å²) < 4.78 is 33.7. The lowest BCUT2D eigenvalue weighted by Crippen LogP contribution is -2.48. The van der Waals surface area contributed by atoms with Crippen molar-refractivity contribution in [1.82, 2.24) is 4.90 Å². The topological polar surface area (TPSA) is 90.0 Å². The Balaban J connectivity index is 2.01. The maximum Gasteiger partial charge on any atom is 0.338 e. The second-order valence-electron chi connectivity index (χ2n) is 6.42. The fraction of sp³-hybridized carbons (Fsp3) is 0.556. The van der Waals surface area contributed by atoms with E-state index in [0.29, 0.717) is 24.2 Å². The highest BCUT2D eigenvalue weighted by Crippen LogP contribution is 2.21. The van der Waals surface area contributed by atoms with Crippen LogP contribution in [-0.2, 0) is 19.4 Å². The van der Waals surface area contributed by atoms with Gasteiger partial charge in [0.1, 0.15) is 5.75 Å². The first kappa shape index (κ1) is 20.2. The van der Waals surface area contributed by atoms with Gasteiger partial charge in [-0.05, 0) is 44.0 Å². The van der Waals surface area contributed by atoms with Gasteiger partial charge in [-0.2, -0.15) is 0 Å². The van der Waals surface area contributed by atoms with Crippen LogP contribution in [-0.4, -0.2) is 62.5 Å².